The van der Waals surface area contributed by atoms with Crippen LogP contribution in [0.3, 0.4) is 0 Å². The molecule has 2 heterocycles. The van der Waals surface area contributed by atoms with Gasteiger partial charge in [0.25, 0.3) is 0 Å². The van der Waals surface area contributed by atoms with Gasteiger partial charge >= 0.3 is 0 Å². The van der Waals surface area contributed by atoms with Gasteiger partial charge in [0, 0.05) is 28.0 Å². The van der Waals surface area contributed by atoms with Crippen molar-refractivity contribution >= 4 is 23.2 Å². The first-order valence-corrected chi connectivity index (χ1v) is 7.64. The smallest absolute Gasteiger partial charge is 0.174 e. The Morgan fingerprint density at radius 1 is 1.09 bits per heavy atom. The lowest BCUT2D eigenvalue weighted by atomic mass is 9.90. The Balaban J connectivity index is 1.88. The lowest BCUT2D eigenvalue weighted by molar-refractivity contribution is 0.304. The van der Waals surface area contributed by atoms with Gasteiger partial charge in [0.15, 0.2) is 11.8 Å². The van der Waals surface area contributed by atoms with Gasteiger partial charge in [0.05, 0.1) is 6.33 Å². The first-order valence-electron chi connectivity index (χ1n) is 6.88. The van der Waals surface area contributed by atoms with Crippen molar-refractivity contribution in [3.63, 3.8) is 0 Å². The van der Waals surface area contributed by atoms with Crippen LogP contribution in [0, 0.1) is 0 Å². The lowest BCUT2D eigenvalue weighted by Gasteiger charge is -2.16. The summed E-state index contributed by atoms with van der Waals surface area (Å²) in [5.41, 5.74) is 1.35. The molecule has 1 saturated heterocycles. The molecule has 3 aromatic rings. The zero-order valence-corrected chi connectivity index (χ0v) is 13.0. The van der Waals surface area contributed by atoms with Crippen LogP contribution in [0.25, 0.3) is 0 Å². The second kappa shape index (κ2) is 5.13. The van der Waals surface area contributed by atoms with Gasteiger partial charge in [-0.2, -0.15) is 0 Å². The van der Waals surface area contributed by atoms with Crippen molar-refractivity contribution in [3.8, 4) is 0 Å². The largest absolute Gasteiger partial charge is 0.333 e. The van der Waals surface area contributed by atoms with E-state index in [9.17, 15) is 0 Å². The van der Waals surface area contributed by atoms with Crippen LogP contribution >= 0.6 is 23.2 Å². The Kier molecular flexibility index (Phi) is 3.22. The van der Waals surface area contributed by atoms with E-state index in [1.807, 2.05) is 53.2 Å². The molecular formula is C17H12Cl2N2O. The first kappa shape index (κ1) is 13.8. The van der Waals surface area contributed by atoms with Crippen LogP contribution in [0.2, 0.25) is 10.0 Å². The van der Waals surface area contributed by atoms with Gasteiger partial charge in [-0.05, 0) is 17.7 Å². The molecule has 2 unspecified atom stereocenters. The highest BCUT2D eigenvalue weighted by atomic mass is 35.5. The zero-order chi connectivity index (χ0) is 15.2. The van der Waals surface area contributed by atoms with Crippen LogP contribution < -0.4 is 0 Å². The number of hydrogen-bond donors (Lipinski definition) is 0. The normalized spacial score (nSPS) is 23.5. The van der Waals surface area contributed by atoms with Crippen LogP contribution in [-0.2, 0) is 10.3 Å². The minimum Gasteiger partial charge on any atom is -0.333 e. The first-order chi connectivity index (χ1) is 10.7. The van der Waals surface area contributed by atoms with E-state index in [0.29, 0.717) is 10.0 Å². The monoisotopic (exact) mass is 330 g/mol. The summed E-state index contributed by atoms with van der Waals surface area (Å²) in [6.45, 7) is 0. The van der Waals surface area contributed by atoms with Crippen molar-refractivity contribution in [2.24, 2.45) is 0 Å². The number of ether oxygens (including phenoxy) is 1. The average molecular weight is 331 g/mol. The molecule has 0 N–H and O–H groups in total. The standard InChI is InChI=1S/C17H12Cl2N2O/c18-13-6-7-14(15(19)10-13)17(12-4-2-1-3-5-12)16(22-17)21-9-8-20-11-21/h1-11,16H. The van der Waals surface area contributed by atoms with Crippen molar-refractivity contribution < 1.29 is 4.74 Å². The maximum atomic E-state index is 6.44. The molecule has 5 heteroatoms. The van der Waals surface area contributed by atoms with Gasteiger partial charge in [-0.1, -0.05) is 59.6 Å². The molecule has 1 fully saturated rings. The van der Waals surface area contributed by atoms with Crippen molar-refractivity contribution in [3.05, 3.63) is 88.4 Å². The Hall–Kier alpha value is -1.81. The summed E-state index contributed by atoms with van der Waals surface area (Å²) >= 11 is 12.5. The van der Waals surface area contributed by atoms with Gasteiger partial charge in [0.2, 0.25) is 0 Å². The number of rotatable bonds is 3. The SMILES string of the molecule is Clc1ccc(C2(c3ccccc3)OC2n2ccnc2)c(Cl)c1. The topological polar surface area (TPSA) is 30.4 Å². The molecular weight excluding hydrogens is 319 g/mol. The maximum absolute atomic E-state index is 6.44. The van der Waals surface area contributed by atoms with Gasteiger partial charge in [-0.25, -0.2) is 4.98 Å². The maximum Gasteiger partial charge on any atom is 0.174 e. The quantitative estimate of drug-likeness (QED) is 0.653. The molecule has 1 aliphatic heterocycles. The second-order valence-corrected chi connectivity index (χ2v) is 6.05. The Bertz CT molecular complexity index is 805. The zero-order valence-electron chi connectivity index (χ0n) is 11.5. The van der Waals surface area contributed by atoms with E-state index >= 15 is 0 Å². The summed E-state index contributed by atoms with van der Waals surface area (Å²) in [5, 5.41) is 1.20. The van der Waals surface area contributed by atoms with Gasteiger partial charge < -0.3 is 9.30 Å². The number of imidazole rings is 1. The molecule has 1 aromatic heterocycles. The van der Waals surface area contributed by atoms with E-state index in [1.165, 1.54) is 0 Å². The number of nitrogens with zero attached hydrogens (tertiary/aromatic N) is 2. The highest BCUT2D eigenvalue weighted by molar-refractivity contribution is 6.35. The molecule has 3 nitrogen and oxygen atoms in total. The van der Waals surface area contributed by atoms with Crippen LogP contribution in [0.1, 0.15) is 17.4 Å². The van der Waals surface area contributed by atoms with Crippen LogP contribution in [0.4, 0.5) is 0 Å². The molecule has 0 saturated carbocycles. The third-order valence-electron chi connectivity index (χ3n) is 3.92. The Morgan fingerprint density at radius 2 is 1.91 bits per heavy atom. The predicted octanol–water partition coefficient (Wildman–Crippen LogP) is 4.66. The molecule has 0 bridgehead atoms. The van der Waals surface area contributed by atoms with Crippen molar-refractivity contribution in [2.45, 2.75) is 11.8 Å². The summed E-state index contributed by atoms with van der Waals surface area (Å²) in [4.78, 5) is 4.10. The minimum absolute atomic E-state index is 0.170. The van der Waals surface area contributed by atoms with Crippen molar-refractivity contribution in [2.75, 3.05) is 0 Å². The van der Waals surface area contributed by atoms with E-state index in [4.69, 9.17) is 27.9 Å². The third-order valence-corrected chi connectivity index (χ3v) is 4.47. The molecule has 22 heavy (non-hydrogen) atoms. The number of benzene rings is 2. The van der Waals surface area contributed by atoms with Gasteiger partial charge in [-0.3, -0.25) is 0 Å². The number of aromatic nitrogens is 2. The summed E-state index contributed by atoms with van der Waals surface area (Å²) < 4.78 is 8.08. The summed E-state index contributed by atoms with van der Waals surface area (Å²) in [7, 11) is 0. The van der Waals surface area contributed by atoms with Crippen LogP contribution in [0.15, 0.2) is 67.3 Å². The molecule has 4 rings (SSSR count). The fourth-order valence-electron chi connectivity index (χ4n) is 2.86. The van der Waals surface area contributed by atoms with E-state index in [1.54, 1.807) is 18.6 Å². The molecule has 2 aromatic carbocycles. The molecule has 0 aliphatic carbocycles. The Labute approximate surface area is 138 Å². The van der Waals surface area contributed by atoms with E-state index in [2.05, 4.69) is 4.98 Å². The molecule has 1 aliphatic rings. The van der Waals surface area contributed by atoms with Gasteiger partial charge in [0.1, 0.15) is 0 Å². The average Bonchev–Trinajstić information content (AvgIpc) is 3.03. The second-order valence-electron chi connectivity index (χ2n) is 5.21. The Morgan fingerprint density at radius 3 is 2.59 bits per heavy atom. The number of hydrogen-bond acceptors (Lipinski definition) is 2. The molecule has 0 spiro atoms. The van der Waals surface area contributed by atoms with E-state index < -0.39 is 5.60 Å². The molecule has 0 amide bonds. The van der Waals surface area contributed by atoms with Crippen molar-refractivity contribution in [1.82, 2.24) is 9.55 Å². The molecule has 2 atom stereocenters. The minimum atomic E-state index is -0.608. The summed E-state index contributed by atoms with van der Waals surface area (Å²) in [5.74, 6) is 0. The molecule has 110 valence electrons. The number of halogens is 2. The highest BCUT2D eigenvalue weighted by Crippen LogP contribution is 2.60. The lowest BCUT2D eigenvalue weighted by Crippen LogP contribution is -2.15. The van der Waals surface area contributed by atoms with E-state index in [-0.39, 0.29) is 6.23 Å². The van der Waals surface area contributed by atoms with E-state index in [0.717, 1.165) is 11.1 Å². The highest BCUT2D eigenvalue weighted by Gasteiger charge is 2.61. The summed E-state index contributed by atoms with van der Waals surface area (Å²) in [6, 6.07) is 15.6. The van der Waals surface area contributed by atoms with Crippen molar-refractivity contribution in [1.29, 1.82) is 0 Å². The van der Waals surface area contributed by atoms with Gasteiger partial charge in [-0.15, -0.1) is 0 Å². The van der Waals surface area contributed by atoms with Crippen LogP contribution in [0.5, 0.6) is 0 Å². The molecule has 0 radical (unpaired) electrons. The summed E-state index contributed by atoms with van der Waals surface area (Å²) in [6.07, 6.45) is 5.20. The fraction of sp³-hybridized carbons (Fsp3) is 0.118. The predicted molar refractivity (Wildman–Crippen MR) is 86.0 cm³/mol. The van der Waals surface area contributed by atoms with Crippen LogP contribution in [-0.4, -0.2) is 9.55 Å². The third kappa shape index (κ3) is 2.05. The number of epoxide rings is 1. The fourth-order valence-corrected chi connectivity index (χ4v) is 3.41.